The Balaban J connectivity index is 1.27. The molecule has 3 aromatic rings. The van der Waals surface area contributed by atoms with E-state index in [1.165, 1.54) is 25.3 Å². The number of amides is 1. The first-order valence-corrected chi connectivity index (χ1v) is 13.2. The normalized spacial score (nSPS) is 14.2. The number of likely N-dealkylation sites (tertiary alicyclic amines) is 1. The summed E-state index contributed by atoms with van der Waals surface area (Å²) in [7, 11) is 1.40. The Hall–Kier alpha value is -4.64. The number of anilines is 1. The van der Waals surface area contributed by atoms with Crippen LogP contribution >= 0.6 is 0 Å². The maximum atomic E-state index is 12.8. The van der Waals surface area contributed by atoms with Gasteiger partial charge in [0.25, 0.3) is 11.6 Å². The number of ether oxygens (including phenoxy) is 3. The largest absolute Gasteiger partial charge is 0.493 e. The van der Waals surface area contributed by atoms with Crippen molar-refractivity contribution in [3.63, 3.8) is 0 Å². The molecule has 1 aliphatic heterocycles. The van der Waals surface area contributed by atoms with Gasteiger partial charge in [-0.05, 0) is 81.3 Å². The highest BCUT2D eigenvalue weighted by Crippen LogP contribution is 2.35. The maximum absolute atomic E-state index is 12.8. The molecular weight excluding hydrogens is 530 g/mol. The van der Waals surface area contributed by atoms with E-state index in [2.05, 4.69) is 10.2 Å². The number of rotatable bonds is 11. The molecule has 0 aromatic heterocycles. The Morgan fingerprint density at radius 2 is 1.63 bits per heavy atom. The van der Waals surface area contributed by atoms with Crippen molar-refractivity contribution in [2.24, 2.45) is 5.41 Å². The second-order valence-electron chi connectivity index (χ2n) is 10.5. The van der Waals surface area contributed by atoms with Gasteiger partial charge in [0, 0.05) is 37.0 Å². The van der Waals surface area contributed by atoms with Gasteiger partial charge in [-0.15, -0.1) is 0 Å². The van der Waals surface area contributed by atoms with E-state index in [4.69, 9.17) is 14.2 Å². The van der Waals surface area contributed by atoms with Crippen molar-refractivity contribution in [2.45, 2.75) is 32.8 Å². The first kappa shape index (κ1) is 29.3. The monoisotopic (exact) mass is 563 g/mol. The summed E-state index contributed by atoms with van der Waals surface area (Å²) in [6.07, 6.45) is 1.63. The Bertz CT molecular complexity index is 1380. The lowest BCUT2D eigenvalue weighted by atomic mass is 9.92. The van der Waals surface area contributed by atoms with Gasteiger partial charge in [0.1, 0.15) is 17.6 Å². The summed E-state index contributed by atoms with van der Waals surface area (Å²) >= 11 is 0. The molecule has 1 heterocycles. The minimum atomic E-state index is -0.799. The first-order chi connectivity index (χ1) is 19.5. The van der Waals surface area contributed by atoms with Crippen LogP contribution < -0.4 is 19.5 Å². The van der Waals surface area contributed by atoms with E-state index in [-0.39, 0.29) is 23.4 Å². The zero-order chi connectivity index (χ0) is 29.6. The van der Waals surface area contributed by atoms with Crippen LogP contribution in [0.15, 0.2) is 66.7 Å². The predicted molar refractivity (Wildman–Crippen MR) is 152 cm³/mol. The zero-order valence-corrected chi connectivity index (χ0v) is 23.2. The fraction of sp³-hybridized carbons (Fsp3) is 0.333. The number of non-ortho nitro benzene ring substituents is 1. The number of piperidine rings is 1. The molecule has 1 saturated heterocycles. The fourth-order valence-corrected chi connectivity index (χ4v) is 4.48. The number of nitrogens with zero attached hydrogens (tertiary/aromatic N) is 2. The number of carbonyl (C=O) groups excluding carboxylic acids is 1. The van der Waals surface area contributed by atoms with Gasteiger partial charge in [-0.3, -0.25) is 19.7 Å². The first-order valence-electron chi connectivity index (χ1n) is 13.2. The standard InChI is InChI=1S/C30H33N3O8/c1-30(2,29(35)36)19-32-16-14-25(15-17-32)40-23-9-4-20(5-10-23)28(34)31-21-6-11-24(12-7-21)41-26-13-8-22(33(37)38)18-27(26)39-3/h4-13,18,25H,14-17,19H2,1-3H3,(H,31,34)(H,35,36). The van der Waals surface area contributed by atoms with Crippen LogP contribution in [0.3, 0.4) is 0 Å². The van der Waals surface area contributed by atoms with Gasteiger partial charge < -0.3 is 29.5 Å². The average Bonchev–Trinajstić information content (AvgIpc) is 2.95. The van der Waals surface area contributed by atoms with Crippen molar-refractivity contribution in [1.82, 2.24) is 4.90 Å². The molecule has 1 amide bonds. The third-order valence-corrected chi connectivity index (χ3v) is 6.85. The van der Waals surface area contributed by atoms with E-state index in [1.54, 1.807) is 62.4 Å². The van der Waals surface area contributed by atoms with Crippen LogP contribution in [0, 0.1) is 15.5 Å². The molecular formula is C30H33N3O8. The van der Waals surface area contributed by atoms with Crippen molar-refractivity contribution in [3.05, 3.63) is 82.4 Å². The molecule has 2 N–H and O–H groups in total. The van der Waals surface area contributed by atoms with E-state index in [0.29, 0.717) is 35.0 Å². The molecule has 0 saturated carbocycles. The van der Waals surface area contributed by atoms with E-state index in [1.807, 2.05) is 0 Å². The second kappa shape index (κ2) is 12.7. The SMILES string of the molecule is COc1cc([N+](=O)[O-])ccc1Oc1ccc(NC(=O)c2ccc(OC3CCN(CC(C)(C)C(=O)O)CC3)cc2)cc1. The van der Waals surface area contributed by atoms with Gasteiger partial charge in [0.05, 0.1) is 23.5 Å². The molecule has 216 valence electrons. The Morgan fingerprint density at radius 3 is 2.22 bits per heavy atom. The summed E-state index contributed by atoms with van der Waals surface area (Å²) in [5, 5.41) is 23.2. The van der Waals surface area contributed by atoms with Gasteiger partial charge >= 0.3 is 5.97 Å². The number of benzene rings is 3. The topological polar surface area (TPSA) is 140 Å². The number of carboxylic acid groups (broad SMARTS) is 1. The van der Waals surface area contributed by atoms with Crippen LogP contribution in [0.2, 0.25) is 0 Å². The molecule has 0 unspecified atom stereocenters. The predicted octanol–water partition coefficient (Wildman–Crippen LogP) is 5.60. The lowest BCUT2D eigenvalue weighted by molar-refractivity contribution is -0.384. The van der Waals surface area contributed by atoms with Gasteiger partial charge in [-0.25, -0.2) is 0 Å². The third kappa shape index (κ3) is 7.73. The molecule has 3 aromatic carbocycles. The number of nitrogens with one attached hydrogen (secondary N) is 1. The highest BCUT2D eigenvalue weighted by Gasteiger charge is 2.31. The van der Waals surface area contributed by atoms with Gasteiger partial charge in [-0.1, -0.05) is 0 Å². The smallest absolute Gasteiger partial charge is 0.310 e. The van der Waals surface area contributed by atoms with Crippen molar-refractivity contribution >= 4 is 23.3 Å². The highest BCUT2D eigenvalue weighted by atomic mass is 16.6. The summed E-state index contributed by atoms with van der Waals surface area (Å²) in [6, 6.07) is 17.7. The van der Waals surface area contributed by atoms with Gasteiger partial charge in [-0.2, -0.15) is 0 Å². The number of carbonyl (C=O) groups is 2. The molecule has 0 atom stereocenters. The van der Waals surface area contributed by atoms with Crippen molar-refractivity contribution < 1.29 is 33.8 Å². The molecule has 1 fully saturated rings. The minimum absolute atomic E-state index is 0.0329. The molecule has 11 heteroatoms. The molecule has 0 spiro atoms. The molecule has 0 radical (unpaired) electrons. The Labute approximate surface area is 237 Å². The van der Waals surface area contributed by atoms with Crippen molar-refractivity contribution in [2.75, 3.05) is 32.1 Å². The van der Waals surface area contributed by atoms with Crippen LogP contribution in [-0.4, -0.2) is 59.7 Å². The summed E-state index contributed by atoms with van der Waals surface area (Å²) < 4.78 is 17.1. The van der Waals surface area contributed by atoms with Crippen LogP contribution in [0.1, 0.15) is 37.0 Å². The Morgan fingerprint density at radius 1 is 1.00 bits per heavy atom. The number of carboxylic acids is 1. The zero-order valence-electron chi connectivity index (χ0n) is 23.2. The van der Waals surface area contributed by atoms with Gasteiger partial charge in [0.15, 0.2) is 11.5 Å². The molecule has 0 aliphatic carbocycles. The molecule has 1 aliphatic rings. The highest BCUT2D eigenvalue weighted by molar-refractivity contribution is 6.04. The lowest BCUT2D eigenvalue weighted by Gasteiger charge is -2.35. The number of aliphatic carboxylic acids is 1. The summed E-state index contributed by atoms with van der Waals surface area (Å²) in [5.41, 5.74) is 0.144. The van der Waals surface area contributed by atoms with Crippen LogP contribution in [0.25, 0.3) is 0 Å². The van der Waals surface area contributed by atoms with Crippen LogP contribution in [-0.2, 0) is 4.79 Å². The Kier molecular flexibility index (Phi) is 9.08. The average molecular weight is 564 g/mol. The quantitative estimate of drug-likeness (QED) is 0.225. The van der Waals surface area contributed by atoms with E-state index >= 15 is 0 Å². The number of methoxy groups -OCH3 is 1. The summed E-state index contributed by atoms with van der Waals surface area (Å²) in [4.78, 5) is 36.8. The molecule has 11 nitrogen and oxygen atoms in total. The van der Waals surface area contributed by atoms with E-state index < -0.39 is 16.3 Å². The molecule has 4 rings (SSSR count). The number of hydrogen-bond donors (Lipinski definition) is 2. The fourth-order valence-electron chi connectivity index (χ4n) is 4.48. The molecule has 41 heavy (non-hydrogen) atoms. The third-order valence-electron chi connectivity index (χ3n) is 6.85. The van der Waals surface area contributed by atoms with Crippen molar-refractivity contribution in [3.8, 4) is 23.0 Å². The maximum Gasteiger partial charge on any atom is 0.310 e. The summed E-state index contributed by atoms with van der Waals surface area (Å²) in [5.74, 6) is 0.615. The van der Waals surface area contributed by atoms with Crippen LogP contribution in [0.5, 0.6) is 23.0 Å². The number of nitro benzene ring substituents is 1. The van der Waals surface area contributed by atoms with E-state index in [9.17, 15) is 24.8 Å². The lowest BCUT2D eigenvalue weighted by Crippen LogP contribution is -2.45. The van der Waals surface area contributed by atoms with Crippen LogP contribution in [0.4, 0.5) is 11.4 Å². The van der Waals surface area contributed by atoms with Crippen molar-refractivity contribution in [1.29, 1.82) is 0 Å². The number of nitro groups is 1. The minimum Gasteiger partial charge on any atom is -0.493 e. The van der Waals surface area contributed by atoms with E-state index in [0.717, 1.165) is 25.9 Å². The number of hydrogen-bond acceptors (Lipinski definition) is 8. The second-order valence-corrected chi connectivity index (χ2v) is 10.5. The summed E-state index contributed by atoms with van der Waals surface area (Å²) in [6.45, 7) is 5.52. The van der Waals surface area contributed by atoms with Gasteiger partial charge in [0.2, 0.25) is 0 Å². The molecule has 0 bridgehead atoms.